The van der Waals surface area contributed by atoms with Crippen molar-refractivity contribution in [3.63, 3.8) is 0 Å². The SMILES string of the molecule is c1c[nH]c(-c2nc([C@H]3CCOC3)nn2-c2nc3ccccc3[nH]2)c1. The highest BCUT2D eigenvalue weighted by atomic mass is 16.5. The normalized spacial score (nSPS) is 17.8. The highest BCUT2D eigenvalue weighted by Gasteiger charge is 2.25. The molecule has 0 bridgehead atoms. The van der Waals surface area contributed by atoms with Gasteiger partial charge in [0.25, 0.3) is 0 Å². The first-order chi connectivity index (χ1) is 11.9. The number of ether oxygens (including phenoxy) is 1. The molecule has 7 nitrogen and oxygen atoms in total. The molecule has 1 aromatic carbocycles. The number of aromatic amines is 2. The monoisotopic (exact) mass is 320 g/mol. The molecule has 120 valence electrons. The van der Waals surface area contributed by atoms with Crippen molar-refractivity contribution in [2.45, 2.75) is 12.3 Å². The second-order valence-corrected chi connectivity index (χ2v) is 5.93. The molecule has 0 aliphatic carbocycles. The fourth-order valence-corrected chi connectivity index (χ4v) is 3.07. The minimum Gasteiger partial charge on any atom is -0.381 e. The summed E-state index contributed by atoms with van der Waals surface area (Å²) in [6, 6.07) is 11.9. The van der Waals surface area contributed by atoms with Crippen molar-refractivity contribution >= 4 is 11.0 Å². The van der Waals surface area contributed by atoms with Crippen LogP contribution in [-0.2, 0) is 4.74 Å². The van der Waals surface area contributed by atoms with Crippen molar-refractivity contribution in [3.8, 4) is 17.5 Å². The Morgan fingerprint density at radius 2 is 2.08 bits per heavy atom. The number of nitrogens with one attached hydrogen (secondary N) is 2. The van der Waals surface area contributed by atoms with Gasteiger partial charge in [0.1, 0.15) is 0 Å². The Balaban J connectivity index is 1.67. The van der Waals surface area contributed by atoms with Gasteiger partial charge in [-0.15, -0.1) is 5.10 Å². The third kappa shape index (κ3) is 2.13. The minimum absolute atomic E-state index is 0.240. The molecule has 0 saturated carbocycles. The van der Waals surface area contributed by atoms with Gasteiger partial charge in [-0.2, -0.15) is 4.68 Å². The average molecular weight is 320 g/mol. The van der Waals surface area contributed by atoms with E-state index in [1.807, 2.05) is 42.6 Å². The number of aromatic nitrogens is 6. The van der Waals surface area contributed by atoms with Crippen molar-refractivity contribution in [1.82, 2.24) is 29.7 Å². The van der Waals surface area contributed by atoms with Crippen LogP contribution in [0.5, 0.6) is 0 Å². The fraction of sp³-hybridized carbons (Fsp3) is 0.235. The second-order valence-electron chi connectivity index (χ2n) is 5.93. The van der Waals surface area contributed by atoms with Gasteiger partial charge in [0.05, 0.1) is 23.3 Å². The van der Waals surface area contributed by atoms with E-state index in [1.165, 1.54) is 0 Å². The fourth-order valence-electron chi connectivity index (χ4n) is 3.07. The Morgan fingerprint density at radius 3 is 2.88 bits per heavy atom. The van der Waals surface area contributed by atoms with Crippen LogP contribution < -0.4 is 0 Å². The molecule has 1 fully saturated rings. The molecule has 1 aliphatic rings. The van der Waals surface area contributed by atoms with E-state index < -0.39 is 0 Å². The maximum Gasteiger partial charge on any atom is 0.231 e. The minimum atomic E-state index is 0.240. The number of hydrogen-bond acceptors (Lipinski definition) is 4. The number of hydrogen-bond donors (Lipinski definition) is 2. The van der Waals surface area contributed by atoms with Gasteiger partial charge in [0.15, 0.2) is 11.6 Å². The van der Waals surface area contributed by atoms with E-state index in [-0.39, 0.29) is 5.92 Å². The summed E-state index contributed by atoms with van der Waals surface area (Å²) in [6.45, 7) is 1.44. The number of benzene rings is 1. The largest absolute Gasteiger partial charge is 0.381 e. The van der Waals surface area contributed by atoms with Crippen LogP contribution in [0.15, 0.2) is 42.6 Å². The first-order valence-electron chi connectivity index (χ1n) is 8.02. The number of nitrogens with zero attached hydrogens (tertiary/aromatic N) is 4. The van der Waals surface area contributed by atoms with E-state index in [1.54, 1.807) is 4.68 Å². The van der Waals surface area contributed by atoms with Crippen molar-refractivity contribution < 1.29 is 4.74 Å². The lowest BCUT2D eigenvalue weighted by Crippen LogP contribution is -2.04. The summed E-state index contributed by atoms with van der Waals surface area (Å²) in [5.41, 5.74) is 2.80. The van der Waals surface area contributed by atoms with Gasteiger partial charge in [-0.25, -0.2) is 9.97 Å². The molecule has 1 aliphatic heterocycles. The Hall–Kier alpha value is -2.93. The highest BCUT2D eigenvalue weighted by Crippen LogP contribution is 2.27. The molecular weight excluding hydrogens is 304 g/mol. The summed E-state index contributed by atoms with van der Waals surface area (Å²) in [7, 11) is 0. The van der Waals surface area contributed by atoms with Gasteiger partial charge < -0.3 is 14.7 Å². The zero-order chi connectivity index (χ0) is 15.9. The Bertz CT molecular complexity index is 945. The van der Waals surface area contributed by atoms with Gasteiger partial charge in [-0.3, -0.25) is 0 Å². The molecular formula is C17H16N6O. The van der Waals surface area contributed by atoms with Crippen LogP contribution in [0.2, 0.25) is 0 Å². The molecule has 7 heteroatoms. The van der Waals surface area contributed by atoms with E-state index in [4.69, 9.17) is 14.8 Å². The smallest absolute Gasteiger partial charge is 0.231 e. The predicted octanol–water partition coefficient (Wildman–Crippen LogP) is 2.64. The van der Waals surface area contributed by atoms with Crippen molar-refractivity contribution in [2.75, 3.05) is 13.2 Å². The first kappa shape index (κ1) is 13.5. The summed E-state index contributed by atoms with van der Waals surface area (Å²) in [4.78, 5) is 15.9. The second kappa shape index (κ2) is 5.31. The summed E-state index contributed by atoms with van der Waals surface area (Å²) < 4.78 is 7.26. The van der Waals surface area contributed by atoms with Crippen LogP contribution in [0.25, 0.3) is 28.5 Å². The van der Waals surface area contributed by atoms with E-state index in [2.05, 4.69) is 15.0 Å². The maximum atomic E-state index is 5.48. The van der Waals surface area contributed by atoms with Gasteiger partial charge in [0, 0.05) is 18.7 Å². The Kier molecular flexibility index (Phi) is 2.99. The standard InChI is InChI=1S/C17H16N6O/c1-2-5-13-12(4-1)19-17(20-13)23-16(14-6-3-8-18-14)21-15(22-23)11-7-9-24-10-11/h1-6,8,11,18H,7,9-10H2,(H,19,20)/t11-/m0/s1. The number of fused-ring (bicyclic) bond motifs is 1. The first-order valence-corrected chi connectivity index (χ1v) is 8.02. The molecule has 0 amide bonds. The van der Waals surface area contributed by atoms with Crippen molar-refractivity contribution in [1.29, 1.82) is 0 Å². The summed E-state index contributed by atoms with van der Waals surface area (Å²) in [6.07, 6.45) is 2.83. The Labute approximate surface area is 137 Å². The van der Waals surface area contributed by atoms with E-state index in [0.717, 1.165) is 41.4 Å². The molecule has 2 N–H and O–H groups in total. The van der Waals surface area contributed by atoms with Crippen LogP contribution in [0.3, 0.4) is 0 Å². The lowest BCUT2D eigenvalue weighted by Gasteiger charge is -2.00. The molecule has 24 heavy (non-hydrogen) atoms. The van der Waals surface area contributed by atoms with Crippen LogP contribution in [-0.4, -0.2) is 42.9 Å². The van der Waals surface area contributed by atoms with Crippen LogP contribution in [0, 0.1) is 0 Å². The molecule has 0 radical (unpaired) electrons. The predicted molar refractivity (Wildman–Crippen MR) is 89.0 cm³/mol. The number of para-hydroxylation sites is 2. The molecule has 0 spiro atoms. The molecule has 0 unspecified atom stereocenters. The third-order valence-electron chi connectivity index (χ3n) is 4.33. The van der Waals surface area contributed by atoms with E-state index in [0.29, 0.717) is 12.6 Å². The number of H-pyrrole nitrogens is 2. The van der Waals surface area contributed by atoms with Crippen LogP contribution in [0.1, 0.15) is 18.2 Å². The maximum absolute atomic E-state index is 5.48. The van der Waals surface area contributed by atoms with E-state index in [9.17, 15) is 0 Å². The molecule has 1 saturated heterocycles. The lowest BCUT2D eigenvalue weighted by atomic mass is 10.1. The molecule has 3 aromatic heterocycles. The quantitative estimate of drug-likeness (QED) is 0.608. The highest BCUT2D eigenvalue weighted by molar-refractivity contribution is 5.76. The summed E-state index contributed by atoms with van der Waals surface area (Å²) in [5, 5.41) is 4.73. The number of imidazole rings is 1. The topological polar surface area (TPSA) is 84.4 Å². The van der Waals surface area contributed by atoms with Crippen LogP contribution in [0.4, 0.5) is 0 Å². The van der Waals surface area contributed by atoms with Crippen molar-refractivity contribution in [2.24, 2.45) is 0 Å². The third-order valence-corrected chi connectivity index (χ3v) is 4.33. The average Bonchev–Trinajstić information content (AvgIpc) is 3.40. The molecule has 5 rings (SSSR count). The zero-order valence-corrected chi connectivity index (χ0v) is 12.9. The number of rotatable bonds is 3. The zero-order valence-electron chi connectivity index (χ0n) is 12.9. The van der Waals surface area contributed by atoms with Gasteiger partial charge in [0.2, 0.25) is 5.95 Å². The molecule has 4 aromatic rings. The molecule has 1 atom stereocenters. The van der Waals surface area contributed by atoms with Gasteiger partial charge in [-0.05, 0) is 30.7 Å². The lowest BCUT2D eigenvalue weighted by molar-refractivity contribution is 0.193. The Morgan fingerprint density at radius 1 is 1.12 bits per heavy atom. The van der Waals surface area contributed by atoms with E-state index >= 15 is 0 Å². The summed E-state index contributed by atoms with van der Waals surface area (Å²) >= 11 is 0. The summed E-state index contributed by atoms with van der Waals surface area (Å²) in [5.74, 6) is 2.46. The van der Waals surface area contributed by atoms with Gasteiger partial charge >= 0.3 is 0 Å². The van der Waals surface area contributed by atoms with Crippen LogP contribution >= 0.6 is 0 Å². The molecule has 4 heterocycles. The van der Waals surface area contributed by atoms with Crippen molar-refractivity contribution in [3.05, 3.63) is 48.4 Å². The van der Waals surface area contributed by atoms with Gasteiger partial charge in [-0.1, -0.05) is 12.1 Å².